The van der Waals surface area contributed by atoms with Crippen molar-refractivity contribution in [3.63, 3.8) is 0 Å². The number of ether oxygens (including phenoxy) is 1. The summed E-state index contributed by atoms with van der Waals surface area (Å²) < 4.78 is 5.30. The number of nitrogens with zero attached hydrogens (tertiary/aromatic N) is 2. The number of amides is 1. The molecule has 3 aromatic carbocycles. The molecule has 32 heavy (non-hydrogen) atoms. The van der Waals surface area contributed by atoms with E-state index in [4.69, 9.17) is 4.74 Å². The van der Waals surface area contributed by atoms with Crippen LogP contribution < -0.4 is 10.1 Å². The molecular formula is C27H33N3O2. The Hall–Kier alpha value is -2.89. The van der Waals surface area contributed by atoms with Crippen molar-refractivity contribution in [1.29, 1.82) is 0 Å². The number of carbonyl (C=O) groups is 1. The summed E-state index contributed by atoms with van der Waals surface area (Å²) in [4.78, 5) is 17.9. The zero-order valence-electron chi connectivity index (χ0n) is 19.3. The van der Waals surface area contributed by atoms with Crippen LogP contribution in [0.2, 0.25) is 0 Å². The van der Waals surface area contributed by atoms with E-state index in [0.717, 1.165) is 67.0 Å². The molecular weight excluding hydrogens is 398 g/mol. The summed E-state index contributed by atoms with van der Waals surface area (Å²) >= 11 is 0. The Bertz CT molecular complexity index is 1060. The molecule has 1 heterocycles. The summed E-state index contributed by atoms with van der Waals surface area (Å²) in [5.41, 5.74) is 3.13. The molecule has 0 aliphatic carbocycles. The van der Waals surface area contributed by atoms with Gasteiger partial charge in [0, 0.05) is 38.4 Å². The molecule has 1 aliphatic heterocycles. The van der Waals surface area contributed by atoms with Crippen LogP contribution in [0.3, 0.4) is 0 Å². The molecule has 1 N–H and O–H groups in total. The minimum atomic E-state index is -0.240. The lowest BCUT2D eigenvalue weighted by atomic mass is 9.97. The molecule has 168 valence electrons. The van der Waals surface area contributed by atoms with Gasteiger partial charge in [-0.1, -0.05) is 43.3 Å². The summed E-state index contributed by atoms with van der Waals surface area (Å²) in [7, 11) is 1.67. The number of methoxy groups -OCH3 is 1. The number of nitrogens with one attached hydrogen (secondary N) is 1. The van der Waals surface area contributed by atoms with E-state index in [2.05, 4.69) is 40.2 Å². The predicted octanol–water partition coefficient (Wildman–Crippen LogP) is 4.73. The number of fused-ring (bicyclic) bond motifs is 1. The van der Waals surface area contributed by atoms with E-state index in [1.807, 2.05) is 49.4 Å². The van der Waals surface area contributed by atoms with Crippen molar-refractivity contribution in [1.82, 2.24) is 9.80 Å². The Morgan fingerprint density at radius 2 is 1.59 bits per heavy atom. The number of rotatable bonds is 7. The summed E-state index contributed by atoms with van der Waals surface area (Å²) in [5, 5.41) is 5.28. The molecule has 1 fully saturated rings. The normalized spacial score (nSPS) is 16.1. The van der Waals surface area contributed by atoms with E-state index in [9.17, 15) is 4.79 Å². The second-order valence-electron chi connectivity index (χ2n) is 8.59. The third kappa shape index (κ3) is 5.29. The van der Waals surface area contributed by atoms with Crippen molar-refractivity contribution >= 4 is 22.4 Å². The van der Waals surface area contributed by atoms with Crippen LogP contribution in [0.15, 0.2) is 60.7 Å². The molecule has 0 saturated carbocycles. The zero-order chi connectivity index (χ0) is 22.5. The summed E-state index contributed by atoms with van der Waals surface area (Å²) in [6, 6.07) is 20.4. The molecule has 0 spiro atoms. The van der Waals surface area contributed by atoms with Crippen molar-refractivity contribution in [2.24, 2.45) is 0 Å². The first-order valence-electron chi connectivity index (χ1n) is 11.5. The Balaban J connectivity index is 1.35. The number of anilines is 1. The molecule has 0 radical (unpaired) electrons. The van der Waals surface area contributed by atoms with E-state index in [-0.39, 0.29) is 11.8 Å². The maximum absolute atomic E-state index is 12.9. The lowest BCUT2D eigenvalue weighted by molar-refractivity contribution is -0.117. The number of likely N-dealkylation sites (N-methyl/N-ethyl adjacent to an activating group) is 1. The van der Waals surface area contributed by atoms with Gasteiger partial charge in [0.2, 0.25) is 5.91 Å². The van der Waals surface area contributed by atoms with Gasteiger partial charge in [-0.05, 0) is 59.6 Å². The van der Waals surface area contributed by atoms with Crippen molar-refractivity contribution in [3.05, 3.63) is 71.8 Å². The molecule has 4 rings (SSSR count). The van der Waals surface area contributed by atoms with Crippen molar-refractivity contribution in [2.45, 2.75) is 26.3 Å². The van der Waals surface area contributed by atoms with Gasteiger partial charge < -0.3 is 15.0 Å². The van der Waals surface area contributed by atoms with Gasteiger partial charge >= 0.3 is 0 Å². The number of benzene rings is 3. The third-order valence-corrected chi connectivity index (χ3v) is 6.50. The molecule has 0 aromatic heterocycles. The maximum atomic E-state index is 12.9. The lowest BCUT2D eigenvalue weighted by Crippen LogP contribution is -2.45. The van der Waals surface area contributed by atoms with Gasteiger partial charge in [-0.15, -0.1) is 0 Å². The van der Waals surface area contributed by atoms with E-state index in [0.29, 0.717) is 0 Å². The number of carbonyl (C=O) groups excluding carboxylic acids is 1. The fourth-order valence-electron chi connectivity index (χ4n) is 4.26. The zero-order valence-corrected chi connectivity index (χ0v) is 19.3. The first-order chi connectivity index (χ1) is 15.6. The highest BCUT2D eigenvalue weighted by Gasteiger charge is 2.17. The second-order valence-corrected chi connectivity index (χ2v) is 8.59. The minimum absolute atomic E-state index is 0.00120. The molecule has 0 bridgehead atoms. The summed E-state index contributed by atoms with van der Waals surface area (Å²) in [6.45, 7) is 10.8. The van der Waals surface area contributed by atoms with Gasteiger partial charge in [0.1, 0.15) is 5.75 Å². The molecule has 1 aliphatic rings. The van der Waals surface area contributed by atoms with E-state index in [1.165, 1.54) is 5.56 Å². The highest BCUT2D eigenvalue weighted by molar-refractivity contribution is 5.96. The Labute approximate surface area is 191 Å². The van der Waals surface area contributed by atoms with E-state index in [1.54, 1.807) is 7.11 Å². The quantitative estimate of drug-likeness (QED) is 0.588. The number of piperazine rings is 1. The van der Waals surface area contributed by atoms with Gasteiger partial charge in [0.05, 0.1) is 13.0 Å². The van der Waals surface area contributed by atoms with Gasteiger partial charge in [0.15, 0.2) is 0 Å². The Morgan fingerprint density at radius 1 is 0.938 bits per heavy atom. The van der Waals surface area contributed by atoms with Gasteiger partial charge in [-0.2, -0.15) is 0 Å². The van der Waals surface area contributed by atoms with Gasteiger partial charge in [-0.3, -0.25) is 9.69 Å². The Kier molecular flexibility index (Phi) is 7.08. The highest BCUT2D eigenvalue weighted by atomic mass is 16.5. The third-order valence-electron chi connectivity index (χ3n) is 6.50. The van der Waals surface area contributed by atoms with E-state index >= 15 is 0 Å². The highest BCUT2D eigenvalue weighted by Crippen LogP contribution is 2.26. The predicted molar refractivity (Wildman–Crippen MR) is 131 cm³/mol. The monoisotopic (exact) mass is 431 g/mol. The molecule has 5 nitrogen and oxygen atoms in total. The topological polar surface area (TPSA) is 44.8 Å². The van der Waals surface area contributed by atoms with Crippen molar-refractivity contribution < 1.29 is 9.53 Å². The second kappa shape index (κ2) is 10.2. The largest absolute Gasteiger partial charge is 0.497 e. The van der Waals surface area contributed by atoms with Crippen LogP contribution >= 0.6 is 0 Å². The smallest absolute Gasteiger partial charge is 0.231 e. The number of hydrogen-bond donors (Lipinski definition) is 1. The SMILES string of the molecule is CCN1CCN(Cc2ccc(NC(=O)[C@@H](C)c3ccc4cc(OC)ccc4c3)cc2)CC1. The maximum Gasteiger partial charge on any atom is 0.231 e. The lowest BCUT2D eigenvalue weighted by Gasteiger charge is -2.34. The minimum Gasteiger partial charge on any atom is -0.497 e. The molecule has 1 saturated heterocycles. The average Bonchev–Trinajstić information content (AvgIpc) is 2.84. The van der Waals surface area contributed by atoms with Crippen LogP contribution in [0.5, 0.6) is 5.75 Å². The standard InChI is InChI=1S/C27H33N3O2/c1-4-29-13-15-30(16-14-29)19-21-5-10-25(11-6-21)28-27(31)20(2)22-7-8-24-18-26(32-3)12-9-23(24)17-22/h5-12,17-18,20H,4,13-16,19H2,1-3H3,(H,28,31)/t20-/m0/s1. The fraction of sp³-hybridized carbons (Fsp3) is 0.370. The summed E-state index contributed by atoms with van der Waals surface area (Å²) in [5.74, 6) is 0.597. The molecule has 5 heteroatoms. The Morgan fingerprint density at radius 3 is 2.28 bits per heavy atom. The van der Waals surface area contributed by atoms with Gasteiger partial charge in [0.25, 0.3) is 0 Å². The summed E-state index contributed by atoms with van der Waals surface area (Å²) in [6.07, 6.45) is 0. The molecule has 0 unspecified atom stereocenters. The number of hydrogen-bond acceptors (Lipinski definition) is 4. The van der Waals surface area contributed by atoms with Crippen LogP contribution in [-0.2, 0) is 11.3 Å². The van der Waals surface area contributed by atoms with Crippen LogP contribution in [0.4, 0.5) is 5.69 Å². The van der Waals surface area contributed by atoms with Crippen molar-refractivity contribution in [3.8, 4) is 5.75 Å². The van der Waals surface area contributed by atoms with E-state index < -0.39 is 0 Å². The average molecular weight is 432 g/mol. The first kappa shape index (κ1) is 22.3. The molecule has 3 aromatic rings. The van der Waals surface area contributed by atoms with Crippen molar-refractivity contribution in [2.75, 3.05) is 45.2 Å². The van der Waals surface area contributed by atoms with Crippen LogP contribution in [0, 0.1) is 0 Å². The molecule has 1 amide bonds. The van der Waals surface area contributed by atoms with Crippen LogP contribution in [0.1, 0.15) is 30.9 Å². The van der Waals surface area contributed by atoms with Crippen LogP contribution in [-0.4, -0.2) is 55.5 Å². The molecule has 1 atom stereocenters. The first-order valence-corrected chi connectivity index (χ1v) is 11.5. The fourth-order valence-corrected chi connectivity index (χ4v) is 4.26. The van der Waals surface area contributed by atoms with Crippen LogP contribution in [0.25, 0.3) is 10.8 Å². The van der Waals surface area contributed by atoms with Gasteiger partial charge in [-0.25, -0.2) is 0 Å².